The molecule has 0 unspecified atom stereocenters. The number of hydrogen-bond acceptors (Lipinski definition) is 2. The molecular weight excluding hydrogens is 152 g/mol. The Bertz CT molecular complexity index is 424. The van der Waals surface area contributed by atoms with Gasteiger partial charge in [0, 0.05) is 5.39 Å². The lowest BCUT2D eigenvalue weighted by Gasteiger charge is -1.98. The average Bonchev–Trinajstić information content (AvgIpc) is 2.04. The Morgan fingerprint density at radius 2 is 1.75 bits per heavy atom. The van der Waals surface area contributed by atoms with Crippen molar-refractivity contribution in [1.82, 2.24) is 21.4 Å². The van der Waals surface area contributed by atoms with Crippen LogP contribution in [0, 0.1) is 0 Å². The predicted octanol–water partition coefficient (Wildman–Crippen LogP) is 1.46. The third kappa shape index (κ3) is 0.934. The van der Waals surface area contributed by atoms with Crippen LogP contribution in [0.25, 0.3) is 10.9 Å². The van der Waals surface area contributed by atoms with Gasteiger partial charge in [-0.2, -0.15) is 4.98 Å². The van der Waals surface area contributed by atoms with Gasteiger partial charge in [-0.25, -0.2) is 4.98 Å². The minimum atomic E-state index is -0.0984. The number of benzene rings is 1. The van der Waals surface area contributed by atoms with E-state index in [2.05, 4.69) is 9.97 Å². The number of fused-ring (bicyclic) bond motifs is 1. The van der Waals surface area contributed by atoms with Crippen molar-refractivity contribution in [3.63, 3.8) is 0 Å². The second-order valence-electron chi connectivity index (χ2n) is 2.41. The highest BCUT2D eigenvalue weighted by Crippen LogP contribution is 2.18. The van der Waals surface area contributed by atoms with Gasteiger partial charge in [0.25, 0.3) is 0 Å². The molecule has 12 heavy (non-hydrogen) atoms. The molecule has 0 aliphatic rings. The summed E-state index contributed by atoms with van der Waals surface area (Å²) >= 11 is 0. The van der Waals surface area contributed by atoms with E-state index in [1.165, 1.54) is 0 Å². The largest absolute Gasteiger partial charge is 0.282 e. The van der Waals surface area contributed by atoms with Crippen LogP contribution in [0.2, 0.25) is 0 Å². The number of nitrogens with zero attached hydrogens (tertiary/aromatic N) is 2. The number of hydrogen-bond donors (Lipinski definition) is 0. The standard InChI is InChI=1S/C8H6N4/c9-7-5-3-1-2-4-6(5)11-8(10)12-7/h1-4,9-10H. The Morgan fingerprint density at radius 1 is 1.00 bits per heavy atom. The Labute approximate surface area is 69.2 Å². The minimum absolute atomic E-state index is 0.0984. The summed E-state index contributed by atoms with van der Waals surface area (Å²) in [5.74, 6) is 0.0179. The zero-order valence-electron chi connectivity index (χ0n) is 6.20. The molecule has 0 amide bonds. The smallest absolute Gasteiger partial charge is 0.244 e. The molecule has 1 heterocycles. The first kappa shape index (κ1) is 6.84. The molecule has 2 radical (unpaired) electrons. The van der Waals surface area contributed by atoms with E-state index in [1.54, 1.807) is 12.1 Å². The van der Waals surface area contributed by atoms with E-state index >= 15 is 0 Å². The van der Waals surface area contributed by atoms with Crippen molar-refractivity contribution >= 4 is 22.7 Å². The van der Waals surface area contributed by atoms with Crippen molar-refractivity contribution in [2.24, 2.45) is 0 Å². The van der Waals surface area contributed by atoms with Gasteiger partial charge in [-0.3, -0.25) is 11.5 Å². The molecule has 1 aromatic carbocycles. The molecular formula is C8H6N4. The van der Waals surface area contributed by atoms with Crippen LogP contribution in [-0.2, 0) is 0 Å². The van der Waals surface area contributed by atoms with Gasteiger partial charge in [0.1, 0.15) is 0 Å². The quantitative estimate of drug-likeness (QED) is 0.582. The van der Waals surface area contributed by atoms with Crippen molar-refractivity contribution in [3.8, 4) is 0 Å². The van der Waals surface area contributed by atoms with E-state index in [1.807, 2.05) is 12.1 Å². The fourth-order valence-electron chi connectivity index (χ4n) is 1.08. The summed E-state index contributed by atoms with van der Waals surface area (Å²) in [4.78, 5) is 7.50. The maximum Gasteiger partial charge on any atom is 0.244 e. The van der Waals surface area contributed by atoms with Crippen molar-refractivity contribution in [2.45, 2.75) is 0 Å². The number of para-hydroxylation sites is 1. The molecule has 4 heteroatoms. The average molecular weight is 158 g/mol. The van der Waals surface area contributed by atoms with E-state index in [0.29, 0.717) is 10.9 Å². The summed E-state index contributed by atoms with van der Waals surface area (Å²) in [7, 11) is 0. The summed E-state index contributed by atoms with van der Waals surface area (Å²) in [5.41, 5.74) is 15.3. The Morgan fingerprint density at radius 3 is 2.58 bits per heavy atom. The monoisotopic (exact) mass is 158 g/mol. The molecule has 0 fully saturated rings. The Balaban J connectivity index is 2.89. The molecule has 1 aromatic heterocycles. The van der Waals surface area contributed by atoms with Crippen LogP contribution in [0.5, 0.6) is 0 Å². The fraction of sp³-hybridized carbons (Fsp3) is 0. The zero-order valence-corrected chi connectivity index (χ0v) is 6.20. The molecule has 2 N–H and O–H groups in total. The molecule has 0 saturated carbocycles. The van der Waals surface area contributed by atoms with Gasteiger partial charge >= 0.3 is 0 Å². The molecule has 0 spiro atoms. The van der Waals surface area contributed by atoms with Gasteiger partial charge < -0.3 is 0 Å². The van der Waals surface area contributed by atoms with E-state index in [9.17, 15) is 0 Å². The molecule has 0 aliphatic carbocycles. The summed E-state index contributed by atoms with van der Waals surface area (Å²) < 4.78 is 0. The van der Waals surface area contributed by atoms with Crippen molar-refractivity contribution in [3.05, 3.63) is 24.3 Å². The second kappa shape index (κ2) is 2.34. The van der Waals surface area contributed by atoms with E-state index in [4.69, 9.17) is 11.5 Å². The SMILES string of the molecule is [NH]c1nc([NH])c2ccccc2n1. The third-order valence-electron chi connectivity index (χ3n) is 1.60. The third-order valence-corrected chi connectivity index (χ3v) is 1.60. The van der Waals surface area contributed by atoms with Crippen LogP contribution in [-0.4, -0.2) is 9.97 Å². The first-order valence-electron chi connectivity index (χ1n) is 3.47. The molecule has 2 aromatic rings. The van der Waals surface area contributed by atoms with E-state index in [-0.39, 0.29) is 11.8 Å². The summed E-state index contributed by atoms with van der Waals surface area (Å²) in [6, 6.07) is 7.20. The van der Waals surface area contributed by atoms with Gasteiger partial charge in [0.05, 0.1) is 5.52 Å². The van der Waals surface area contributed by atoms with Crippen LogP contribution in [0.3, 0.4) is 0 Å². The van der Waals surface area contributed by atoms with Crippen LogP contribution >= 0.6 is 0 Å². The number of nitrogens with one attached hydrogen (secondary N) is 2. The van der Waals surface area contributed by atoms with Gasteiger partial charge in [-0.05, 0) is 12.1 Å². The predicted molar refractivity (Wildman–Crippen MR) is 45.1 cm³/mol. The minimum Gasteiger partial charge on any atom is -0.282 e. The van der Waals surface area contributed by atoms with Crippen molar-refractivity contribution in [1.29, 1.82) is 0 Å². The zero-order chi connectivity index (χ0) is 8.55. The van der Waals surface area contributed by atoms with Crippen LogP contribution in [0.1, 0.15) is 0 Å². The Hall–Kier alpha value is -1.84. The maximum absolute atomic E-state index is 7.43. The van der Waals surface area contributed by atoms with Crippen LogP contribution in [0.4, 0.5) is 11.8 Å². The van der Waals surface area contributed by atoms with Crippen molar-refractivity contribution in [2.75, 3.05) is 0 Å². The number of aromatic nitrogens is 2. The molecule has 2 rings (SSSR count). The molecule has 0 bridgehead atoms. The second-order valence-corrected chi connectivity index (χ2v) is 2.41. The Kier molecular flexibility index (Phi) is 1.33. The summed E-state index contributed by atoms with van der Waals surface area (Å²) in [5, 5.41) is 0.688. The lowest BCUT2D eigenvalue weighted by Crippen LogP contribution is -1.88. The first-order chi connectivity index (χ1) is 5.77. The highest BCUT2D eigenvalue weighted by atomic mass is 15.0. The van der Waals surface area contributed by atoms with Gasteiger partial charge in [0.2, 0.25) is 5.95 Å². The van der Waals surface area contributed by atoms with Crippen LogP contribution in [0.15, 0.2) is 24.3 Å². The van der Waals surface area contributed by atoms with E-state index < -0.39 is 0 Å². The van der Waals surface area contributed by atoms with E-state index in [0.717, 1.165) is 0 Å². The topological polar surface area (TPSA) is 73.4 Å². The molecule has 0 atom stereocenters. The lowest BCUT2D eigenvalue weighted by atomic mass is 10.2. The summed E-state index contributed by atoms with van der Waals surface area (Å²) in [6.07, 6.45) is 0. The number of rotatable bonds is 0. The first-order valence-corrected chi connectivity index (χ1v) is 3.47. The molecule has 4 nitrogen and oxygen atoms in total. The van der Waals surface area contributed by atoms with Gasteiger partial charge in [0.15, 0.2) is 5.82 Å². The van der Waals surface area contributed by atoms with Crippen molar-refractivity contribution < 1.29 is 0 Å². The van der Waals surface area contributed by atoms with Gasteiger partial charge in [-0.15, -0.1) is 0 Å². The molecule has 0 aliphatic heterocycles. The van der Waals surface area contributed by atoms with Crippen LogP contribution < -0.4 is 11.5 Å². The molecule has 0 saturated heterocycles. The highest BCUT2D eigenvalue weighted by Gasteiger charge is 2.01. The molecule has 58 valence electrons. The fourth-order valence-corrected chi connectivity index (χ4v) is 1.08. The highest BCUT2D eigenvalue weighted by molar-refractivity contribution is 5.87. The summed E-state index contributed by atoms with van der Waals surface area (Å²) in [6.45, 7) is 0. The van der Waals surface area contributed by atoms with Gasteiger partial charge in [-0.1, -0.05) is 12.1 Å². The maximum atomic E-state index is 7.43. The lowest BCUT2D eigenvalue weighted by molar-refractivity contribution is 1.14. The normalized spacial score (nSPS) is 10.3.